The highest BCUT2D eigenvalue weighted by Crippen LogP contribution is 2.21. The van der Waals surface area contributed by atoms with Crippen molar-refractivity contribution in [2.45, 2.75) is 19.8 Å². The second-order valence-electron chi connectivity index (χ2n) is 6.92. The predicted octanol–water partition coefficient (Wildman–Crippen LogP) is 2.25. The van der Waals surface area contributed by atoms with Crippen molar-refractivity contribution in [1.82, 2.24) is 14.9 Å². The molecule has 27 heavy (non-hydrogen) atoms. The molecule has 0 saturated carbocycles. The lowest BCUT2D eigenvalue weighted by Crippen LogP contribution is -2.37. The fraction of sp³-hybridized carbons (Fsp3) is 0.450. The van der Waals surface area contributed by atoms with Crippen LogP contribution in [0.4, 0.5) is 16.4 Å². The van der Waals surface area contributed by atoms with Crippen LogP contribution < -0.4 is 10.2 Å². The molecule has 7 heteroatoms. The average Bonchev–Trinajstić information content (AvgIpc) is 2.92. The SMILES string of the molecule is Cc1nc(N2CCOCC2)nc2c1CCN(C(=O)Nc1ccccc1)CC2. The van der Waals surface area contributed by atoms with Crippen molar-refractivity contribution in [2.75, 3.05) is 49.6 Å². The van der Waals surface area contributed by atoms with E-state index in [1.807, 2.05) is 42.2 Å². The van der Waals surface area contributed by atoms with Crippen LogP contribution >= 0.6 is 0 Å². The Morgan fingerprint density at radius 2 is 1.78 bits per heavy atom. The molecule has 0 atom stereocenters. The number of hydrogen-bond donors (Lipinski definition) is 1. The second-order valence-corrected chi connectivity index (χ2v) is 6.92. The van der Waals surface area contributed by atoms with Crippen molar-refractivity contribution in [3.8, 4) is 0 Å². The summed E-state index contributed by atoms with van der Waals surface area (Å²) in [6.45, 7) is 6.45. The van der Waals surface area contributed by atoms with Gasteiger partial charge in [0.25, 0.3) is 0 Å². The number of carbonyl (C=O) groups is 1. The highest BCUT2D eigenvalue weighted by atomic mass is 16.5. The van der Waals surface area contributed by atoms with Gasteiger partial charge in [-0.1, -0.05) is 18.2 Å². The number of ether oxygens (including phenoxy) is 1. The summed E-state index contributed by atoms with van der Waals surface area (Å²) < 4.78 is 5.42. The van der Waals surface area contributed by atoms with Gasteiger partial charge in [-0.3, -0.25) is 0 Å². The lowest BCUT2D eigenvalue weighted by Gasteiger charge is -2.27. The van der Waals surface area contributed by atoms with Crippen molar-refractivity contribution in [3.63, 3.8) is 0 Å². The van der Waals surface area contributed by atoms with E-state index in [0.29, 0.717) is 26.3 Å². The van der Waals surface area contributed by atoms with E-state index in [1.54, 1.807) is 0 Å². The van der Waals surface area contributed by atoms with Gasteiger partial charge < -0.3 is 19.9 Å². The summed E-state index contributed by atoms with van der Waals surface area (Å²) in [4.78, 5) is 26.2. The summed E-state index contributed by atoms with van der Waals surface area (Å²) in [5.74, 6) is 0.789. The van der Waals surface area contributed by atoms with Crippen LogP contribution in [0, 0.1) is 6.92 Å². The van der Waals surface area contributed by atoms with Crippen molar-refractivity contribution in [1.29, 1.82) is 0 Å². The summed E-state index contributed by atoms with van der Waals surface area (Å²) in [5, 5.41) is 2.97. The van der Waals surface area contributed by atoms with Crippen LogP contribution in [-0.4, -0.2) is 60.3 Å². The molecule has 4 rings (SSSR count). The summed E-state index contributed by atoms with van der Waals surface area (Å²) >= 11 is 0. The topological polar surface area (TPSA) is 70.6 Å². The molecule has 3 heterocycles. The number of rotatable bonds is 2. The Kier molecular flexibility index (Phi) is 5.20. The van der Waals surface area contributed by atoms with Gasteiger partial charge in [-0.25, -0.2) is 14.8 Å². The molecule has 1 fully saturated rings. The van der Waals surface area contributed by atoms with E-state index >= 15 is 0 Å². The fourth-order valence-corrected chi connectivity index (χ4v) is 3.60. The third-order valence-corrected chi connectivity index (χ3v) is 5.14. The van der Waals surface area contributed by atoms with Crippen molar-refractivity contribution in [2.24, 2.45) is 0 Å². The molecule has 142 valence electrons. The van der Waals surface area contributed by atoms with Crippen LogP contribution in [0.5, 0.6) is 0 Å². The molecule has 2 aliphatic heterocycles. The Morgan fingerprint density at radius 3 is 2.56 bits per heavy atom. The van der Waals surface area contributed by atoms with E-state index in [4.69, 9.17) is 14.7 Å². The van der Waals surface area contributed by atoms with Gasteiger partial charge in [0.1, 0.15) is 0 Å². The number of aromatic nitrogens is 2. The van der Waals surface area contributed by atoms with E-state index in [0.717, 1.165) is 49.0 Å². The molecule has 0 unspecified atom stereocenters. The molecule has 1 saturated heterocycles. The van der Waals surface area contributed by atoms with E-state index < -0.39 is 0 Å². The molecule has 2 aliphatic rings. The van der Waals surface area contributed by atoms with Crippen LogP contribution in [0.15, 0.2) is 30.3 Å². The third kappa shape index (κ3) is 4.03. The Labute approximate surface area is 159 Å². The number of morpholine rings is 1. The van der Waals surface area contributed by atoms with Crippen LogP contribution in [0.2, 0.25) is 0 Å². The molecule has 0 radical (unpaired) electrons. The Balaban J connectivity index is 1.47. The molecule has 1 aromatic heterocycles. The van der Waals surface area contributed by atoms with Crippen LogP contribution in [-0.2, 0) is 17.6 Å². The molecule has 2 aromatic rings. The smallest absolute Gasteiger partial charge is 0.321 e. The van der Waals surface area contributed by atoms with Crippen molar-refractivity contribution >= 4 is 17.7 Å². The quantitative estimate of drug-likeness (QED) is 0.882. The number of para-hydroxylation sites is 1. The number of fused-ring (bicyclic) bond motifs is 1. The first-order valence-electron chi connectivity index (χ1n) is 9.51. The first-order valence-corrected chi connectivity index (χ1v) is 9.51. The van der Waals surface area contributed by atoms with Crippen LogP contribution in [0.1, 0.15) is 17.0 Å². The maximum absolute atomic E-state index is 12.6. The Bertz CT molecular complexity index is 806. The summed E-state index contributed by atoms with van der Waals surface area (Å²) in [7, 11) is 0. The zero-order valence-electron chi connectivity index (χ0n) is 15.6. The van der Waals surface area contributed by atoms with Gasteiger partial charge in [0, 0.05) is 44.0 Å². The molecule has 1 N–H and O–H groups in total. The van der Waals surface area contributed by atoms with Crippen molar-refractivity contribution in [3.05, 3.63) is 47.3 Å². The number of nitrogens with one attached hydrogen (secondary N) is 1. The van der Waals surface area contributed by atoms with Gasteiger partial charge >= 0.3 is 6.03 Å². The molecule has 7 nitrogen and oxygen atoms in total. The van der Waals surface area contributed by atoms with Gasteiger partial charge in [-0.15, -0.1) is 0 Å². The molecule has 0 bridgehead atoms. The zero-order chi connectivity index (χ0) is 18.6. The average molecular weight is 367 g/mol. The van der Waals surface area contributed by atoms with Gasteiger partial charge in [0.05, 0.1) is 18.9 Å². The summed E-state index contributed by atoms with van der Waals surface area (Å²) in [6, 6.07) is 9.50. The molecule has 0 aliphatic carbocycles. The standard InChI is InChI=1S/C20H25N5O2/c1-15-17-7-9-25(20(26)22-16-5-3-2-4-6-16)10-8-18(17)23-19(21-15)24-11-13-27-14-12-24/h2-6H,7-14H2,1H3,(H,22,26). The number of anilines is 2. The van der Waals surface area contributed by atoms with Crippen LogP contribution in [0.25, 0.3) is 0 Å². The lowest BCUT2D eigenvalue weighted by molar-refractivity contribution is 0.122. The van der Waals surface area contributed by atoms with E-state index in [2.05, 4.69) is 10.2 Å². The maximum Gasteiger partial charge on any atom is 0.321 e. The van der Waals surface area contributed by atoms with Crippen LogP contribution in [0.3, 0.4) is 0 Å². The minimum absolute atomic E-state index is 0.0620. The Morgan fingerprint density at radius 1 is 1.04 bits per heavy atom. The first kappa shape index (κ1) is 17.7. The van der Waals surface area contributed by atoms with E-state index in [9.17, 15) is 4.79 Å². The fourth-order valence-electron chi connectivity index (χ4n) is 3.60. The van der Waals surface area contributed by atoms with Gasteiger partial charge in [0.15, 0.2) is 0 Å². The first-order chi connectivity index (χ1) is 13.2. The molecular weight excluding hydrogens is 342 g/mol. The largest absolute Gasteiger partial charge is 0.378 e. The number of carbonyl (C=O) groups excluding carboxylic acids is 1. The van der Waals surface area contributed by atoms with Gasteiger partial charge in [0.2, 0.25) is 5.95 Å². The lowest BCUT2D eigenvalue weighted by atomic mass is 10.1. The third-order valence-electron chi connectivity index (χ3n) is 5.14. The maximum atomic E-state index is 12.6. The van der Waals surface area contributed by atoms with Gasteiger partial charge in [-0.2, -0.15) is 0 Å². The Hall–Kier alpha value is -2.67. The zero-order valence-corrected chi connectivity index (χ0v) is 15.6. The molecule has 1 aromatic carbocycles. The van der Waals surface area contributed by atoms with E-state index in [1.165, 1.54) is 5.56 Å². The minimum atomic E-state index is -0.0620. The summed E-state index contributed by atoms with van der Waals surface area (Å²) in [5.41, 5.74) is 4.09. The highest BCUT2D eigenvalue weighted by molar-refractivity contribution is 5.89. The molecule has 2 amide bonds. The van der Waals surface area contributed by atoms with Crippen molar-refractivity contribution < 1.29 is 9.53 Å². The summed E-state index contributed by atoms with van der Waals surface area (Å²) in [6.07, 6.45) is 1.53. The van der Waals surface area contributed by atoms with Gasteiger partial charge in [-0.05, 0) is 31.0 Å². The van der Waals surface area contributed by atoms with E-state index in [-0.39, 0.29) is 6.03 Å². The normalized spacial score (nSPS) is 17.2. The number of amides is 2. The monoisotopic (exact) mass is 367 g/mol. The number of nitrogens with zero attached hydrogens (tertiary/aromatic N) is 4. The predicted molar refractivity (Wildman–Crippen MR) is 104 cm³/mol. The second kappa shape index (κ2) is 7.92. The molecule has 0 spiro atoms. The number of benzene rings is 1. The minimum Gasteiger partial charge on any atom is -0.378 e. The highest BCUT2D eigenvalue weighted by Gasteiger charge is 2.23. The molecular formula is C20H25N5O2. The number of aryl methyl sites for hydroxylation is 1. The number of urea groups is 1. The number of hydrogen-bond acceptors (Lipinski definition) is 5.